The van der Waals surface area contributed by atoms with Gasteiger partial charge in [0.05, 0.1) is 26.7 Å². The van der Waals surface area contributed by atoms with Gasteiger partial charge in [0.1, 0.15) is 0 Å². The Morgan fingerprint density at radius 2 is 2.24 bits per heavy atom. The Bertz CT molecular complexity index is 789. The van der Waals surface area contributed by atoms with Crippen molar-refractivity contribution >= 4 is 47.1 Å². The van der Waals surface area contributed by atoms with E-state index in [-0.39, 0.29) is 29.4 Å². The number of rotatable bonds is 4. The SMILES string of the molecule is C#CCN(C1CCS(=O)(=O)C1)S(=O)(=O)c1cc(Br)sc1C. The van der Waals surface area contributed by atoms with Crippen molar-refractivity contribution < 1.29 is 16.8 Å². The smallest absolute Gasteiger partial charge is 0.229 e. The van der Waals surface area contributed by atoms with E-state index in [1.54, 1.807) is 6.92 Å². The minimum absolute atomic E-state index is 0.000567. The molecule has 21 heavy (non-hydrogen) atoms. The first-order chi connectivity index (χ1) is 9.67. The molecule has 0 bridgehead atoms. The van der Waals surface area contributed by atoms with Crippen LogP contribution in [0.4, 0.5) is 0 Å². The summed E-state index contributed by atoms with van der Waals surface area (Å²) < 4.78 is 50.6. The van der Waals surface area contributed by atoms with Gasteiger partial charge in [-0.25, -0.2) is 16.8 Å². The summed E-state index contributed by atoms with van der Waals surface area (Å²) in [5.74, 6) is 2.15. The fraction of sp³-hybridized carbons (Fsp3) is 0.500. The lowest BCUT2D eigenvalue weighted by Gasteiger charge is -2.25. The molecule has 116 valence electrons. The van der Waals surface area contributed by atoms with E-state index in [9.17, 15) is 16.8 Å². The van der Waals surface area contributed by atoms with Crippen molar-refractivity contribution in [3.05, 3.63) is 14.7 Å². The van der Waals surface area contributed by atoms with E-state index >= 15 is 0 Å². The van der Waals surface area contributed by atoms with Gasteiger partial charge in [-0.05, 0) is 35.3 Å². The van der Waals surface area contributed by atoms with Crippen LogP contribution in [0.3, 0.4) is 0 Å². The summed E-state index contributed by atoms with van der Waals surface area (Å²) in [6, 6.07) is 0.941. The van der Waals surface area contributed by atoms with E-state index in [1.165, 1.54) is 17.4 Å². The first-order valence-electron chi connectivity index (χ1n) is 6.09. The maximum Gasteiger partial charge on any atom is 0.245 e. The number of hydrogen-bond acceptors (Lipinski definition) is 5. The molecule has 0 saturated carbocycles. The van der Waals surface area contributed by atoms with Gasteiger partial charge < -0.3 is 0 Å². The van der Waals surface area contributed by atoms with Crippen LogP contribution in [-0.4, -0.2) is 45.2 Å². The molecule has 2 heterocycles. The summed E-state index contributed by atoms with van der Waals surface area (Å²) in [5, 5.41) is 0. The molecule has 1 aromatic heterocycles. The molecule has 5 nitrogen and oxygen atoms in total. The van der Waals surface area contributed by atoms with Crippen molar-refractivity contribution in [3.8, 4) is 12.3 Å². The second-order valence-electron chi connectivity index (χ2n) is 4.78. The number of hydrogen-bond donors (Lipinski definition) is 0. The molecule has 1 saturated heterocycles. The maximum atomic E-state index is 12.8. The standard InChI is InChI=1S/C12H14BrNO4S3/c1-3-5-14(10-4-6-20(15,16)8-10)21(17,18)11-7-12(13)19-9(11)2/h1,7,10H,4-6,8H2,2H3. The third-order valence-electron chi connectivity index (χ3n) is 3.29. The summed E-state index contributed by atoms with van der Waals surface area (Å²) in [4.78, 5) is 0.823. The van der Waals surface area contributed by atoms with Gasteiger partial charge in [-0.15, -0.1) is 17.8 Å². The summed E-state index contributed by atoms with van der Waals surface area (Å²) in [5.41, 5.74) is 0. The van der Waals surface area contributed by atoms with E-state index in [2.05, 4.69) is 21.9 Å². The molecule has 1 atom stereocenters. The largest absolute Gasteiger partial charge is 0.245 e. The molecule has 0 aliphatic carbocycles. The van der Waals surface area contributed by atoms with Crippen molar-refractivity contribution in [1.29, 1.82) is 0 Å². The fourth-order valence-corrected chi connectivity index (χ4v) is 8.09. The van der Waals surface area contributed by atoms with Crippen LogP contribution in [0.5, 0.6) is 0 Å². The lowest BCUT2D eigenvalue weighted by molar-refractivity contribution is 0.371. The molecule has 2 rings (SSSR count). The van der Waals surface area contributed by atoms with Gasteiger partial charge in [0.2, 0.25) is 10.0 Å². The van der Waals surface area contributed by atoms with Gasteiger partial charge in [0.15, 0.2) is 9.84 Å². The monoisotopic (exact) mass is 411 g/mol. The molecule has 0 radical (unpaired) electrons. The molecule has 1 aliphatic rings. The molecule has 9 heteroatoms. The zero-order valence-electron chi connectivity index (χ0n) is 11.2. The first kappa shape index (κ1) is 17.0. The number of nitrogens with zero attached hydrogens (tertiary/aromatic N) is 1. The number of halogens is 1. The summed E-state index contributed by atoms with van der Waals surface area (Å²) in [6.45, 7) is 1.58. The molecule has 0 N–H and O–H groups in total. The number of sulfonamides is 1. The minimum Gasteiger partial charge on any atom is -0.229 e. The van der Waals surface area contributed by atoms with E-state index < -0.39 is 25.9 Å². The average molecular weight is 412 g/mol. The predicted molar refractivity (Wildman–Crippen MR) is 86.5 cm³/mol. The quantitative estimate of drug-likeness (QED) is 0.705. The van der Waals surface area contributed by atoms with Crippen molar-refractivity contribution in [2.75, 3.05) is 18.1 Å². The van der Waals surface area contributed by atoms with Crippen molar-refractivity contribution in [2.45, 2.75) is 24.3 Å². The molecule has 1 fully saturated rings. The number of aryl methyl sites for hydroxylation is 1. The summed E-state index contributed by atoms with van der Waals surface area (Å²) in [7, 11) is -6.99. The van der Waals surface area contributed by atoms with Crippen LogP contribution in [0.15, 0.2) is 14.7 Å². The van der Waals surface area contributed by atoms with Crippen LogP contribution in [0.25, 0.3) is 0 Å². The Morgan fingerprint density at radius 1 is 1.57 bits per heavy atom. The van der Waals surface area contributed by atoms with Crippen LogP contribution in [0, 0.1) is 19.3 Å². The van der Waals surface area contributed by atoms with E-state index in [0.717, 1.165) is 4.31 Å². The Kier molecular flexibility index (Phi) is 4.85. The van der Waals surface area contributed by atoms with E-state index in [0.29, 0.717) is 8.66 Å². The second kappa shape index (κ2) is 6.01. The van der Waals surface area contributed by atoms with E-state index in [4.69, 9.17) is 6.42 Å². The average Bonchev–Trinajstić information content (AvgIpc) is 2.88. The van der Waals surface area contributed by atoms with Gasteiger partial charge in [-0.3, -0.25) is 0 Å². The normalized spacial score (nSPS) is 21.5. The van der Waals surface area contributed by atoms with Gasteiger partial charge in [0.25, 0.3) is 0 Å². The minimum atomic E-state index is -3.80. The molecule has 1 unspecified atom stereocenters. The van der Waals surface area contributed by atoms with Gasteiger partial charge in [0, 0.05) is 10.9 Å². The number of terminal acetylenes is 1. The highest BCUT2D eigenvalue weighted by Crippen LogP contribution is 2.33. The summed E-state index contributed by atoms with van der Waals surface area (Å²) >= 11 is 4.58. The van der Waals surface area contributed by atoms with Crippen LogP contribution < -0.4 is 0 Å². The lowest BCUT2D eigenvalue weighted by Crippen LogP contribution is -2.41. The number of sulfone groups is 1. The Labute approximate surface area is 137 Å². The van der Waals surface area contributed by atoms with Crippen LogP contribution in [0.1, 0.15) is 11.3 Å². The molecule has 0 spiro atoms. The van der Waals surface area contributed by atoms with Gasteiger partial charge in [-0.2, -0.15) is 4.31 Å². The maximum absolute atomic E-state index is 12.8. The Hall–Kier alpha value is -0.400. The summed E-state index contributed by atoms with van der Waals surface area (Å²) in [6.07, 6.45) is 5.56. The second-order valence-corrected chi connectivity index (χ2v) is 11.5. The van der Waals surface area contributed by atoms with E-state index in [1.807, 2.05) is 0 Å². The fourth-order valence-electron chi connectivity index (χ4n) is 2.32. The van der Waals surface area contributed by atoms with Crippen molar-refractivity contribution in [3.63, 3.8) is 0 Å². The molecule has 0 amide bonds. The molecular weight excluding hydrogens is 398 g/mol. The third kappa shape index (κ3) is 3.51. The highest BCUT2D eigenvalue weighted by atomic mass is 79.9. The van der Waals surface area contributed by atoms with Gasteiger partial charge >= 0.3 is 0 Å². The van der Waals surface area contributed by atoms with Crippen LogP contribution in [-0.2, 0) is 19.9 Å². The van der Waals surface area contributed by atoms with Gasteiger partial charge in [-0.1, -0.05) is 5.92 Å². The van der Waals surface area contributed by atoms with Crippen LogP contribution >= 0.6 is 27.3 Å². The van der Waals surface area contributed by atoms with Crippen LogP contribution in [0.2, 0.25) is 0 Å². The predicted octanol–water partition coefficient (Wildman–Crippen LogP) is 1.63. The Morgan fingerprint density at radius 3 is 2.67 bits per heavy atom. The molecule has 1 aromatic rings. The zero-order chi connectivity index (χ0) is 15.8. The Balaban J connectivity index is 2.43. The molecule has 0 aromatic carbocycles. The number of thiophene rings is 1. The third-order valence-corrected chi connectivity index (χ3v) is 8.75. The topological polar surface area (TPSA) is 71.5 Å². The van der Waals surface area contributed by atoms with Crippen molar-refractivity contribution in [2.24, 2.45) is 0 Å². The molecule has 1 aliphatic heterocycles. The van der Waals surface area contributed by atoms with Crippen molar-refractivity contribution in [1.82, 2.24) is 4.31 Å². The highest BCUT2D eigenvalue weighted by molar-refractivity contribution is 9.11. The molecular formula is C12H14BrNO4S3. The zero-order valence-corrected chi connectivity index (χ0v) is 15.3. The lowest BCUT2D eigenvalue weighted by atomic mass is 10.3. The highest BCUT2D eigenvalue weighted by Gasteiger charge is 2.39. The first-order valence-corrected chi connectivity index (χ1v) is 11.0.